The van der Waals surface area contributed by atoms with Gasteiger partial charge in [-0.1, -0.05) is 29.1 Å². The molecule has 7 heteroatoms. The van der Waals surface area contributed by atoms with Gasteiger partial charge in [0.2, 0.25) is 0 Å². The van der Waals surface area contributed by atoms with Crippen LogP contribution in [0.1, 0.15) is 11.5 Å². The smallest absolute Gasteiger partial charge is 0.313 e. The third kappa shape index (κ3) is 2.92. The molecule has 0 bridgehead atoms. The quantitative estimate of drug-likeness (QED) is 0.730. The average Bonchev–Trinajstić information content (AvgIpc) is 3.01. The van der Waals surface area contributed by atoms with Crippen molar-refractivity contribution in [1.29, 1.82) is 0 Å². The topological polar surface area (TPSA) is 81.2 Å². The largest absolute Gasteiger partial charge is 0.481 e. The number of carboxylic acid groups (broad SMARTS) is 1. The molecule has 0 fully saturated rings. The standard InChI is InChI=1S/C14H13N3O3S/c1-9-6-10(20-16-9)7-17-12-5-3-2-4-11(12)15-14(17)21-8-13(18)19/h2-6H,7-8H2,1H3,(H,18,19). The summed E-state index contributed by atoms with van der Waals surface area (Å²) < 4.78 is 7.19. The Bertz CT molecular complexity index is 794. The molecule has 0 radical (unpaired) electrons. The molecular formula is C14H13N3O3S. The molecule has 0 saturated carbocycles. The van der Waals surface area contributed by atoms with Crippen LogP contribution in [0.25, 0.3) is 11.0 Å². The SMILES string of the molecule is Cc1cc(Cn2c(SCC(=O)O)nc3ccccc32)on1. The number of rotatable bonds is 5. The first-order chi connectivity index (χ1) is 10.1. The molecule has 3 aromatic rings. The van der Waals surface area contributed by atoms with E-state index in [9.17, 15) is 4.79 Å². The van der Waals surface area contributed by atoms with Crippen molar-refractivity contribution in [2.75, 3.05) is 5.75 Å². The summed E-state index contributed by atoms with van der Waals surface area (Å²) in [5, 5.41) is 13.4. The molecule has 2 aromatic heterocycles. The Kier molecular flexibility index (Phi) is 3.66. The van der Waals surface area contributed by atoms with Crippen LogP contribution in [0.15, 0.2) is 40.0 Å². The summed E-state index contributed by atoms with van der Waals surface area (Å²) in [7, 11) is 0. The highest BCUT2D eigenvalue weighted by Crippen LogP contribution is 2.25. The number of carboxylic acids is 1. The zero-order valence-electron chi connectivity index (χ0n) is 11.3. The maximum absolute atomic E-state index is 10.8. The van der Waals surface area contributed by atoms with Gasteiger partial charge in [0, 0.05) is 6.07 Å². The zero-order valence-corrected chi connectivity index (χ0v) is 12.1. The summed E-state index contributed by atoms with van der Waals surface area (Å²) in [6.45, 7) is 2.34. The van der Waals surface area contributed by atoms with Crippen molar-refractivity contribution < 1.29 is 14.4 Å². The van der Waals surface area contributed by atoms with Crippen LogP contribution in [0, 0.1) is 6.92 Å². The van der Waals surface area contributed by atoms with E-state index in [1.807, 2.05) is 41.8 Å². The van der Waals surface area contributed by atoms with Crippen molar-refractivity contribution in [1.82, 2.24) is 14.7 Å². The number of fused-ring (bicyclic) bond motifs is 1. The maximum Gasteiger partial charge on any atom is 0.313 e. The second-order valence-corrected chi connectivity index (χ2v) is 5.53. The van der Waals surface area contributed by atoms with E-state index in [2.05, 4.69) is 10.1 Å². The van der Waals surface area contributed by atoms with Gasteiger partial charge in [-0.3, -0.25) is 4.79 Å². The first-order valence-corrected chi connectivity index (χ1v) is 7.34. The number of benzene rings is 1. The molecule has 3 rings (SSSR count). The monoisotopic (exact) mass is 303 g/mol. The number of carbonyl (C=O) groups is 1. The molecule has 1 N–H and O–H groups in total. The Labute approximate surface area is 124 Å². The minimum absolute atomic E-state index is 0.0290. The van der Waals surface area contributed by atoms with Crippen LogP contribution < -0.4 is 0 Å². The van der Waals surface area contributed by atoms with Crippen LogP contribution in [-0.4, -0.2) is 31.5 Å². The van der Waals surface area contributed by atoms with E-state index in [1.54, 1.807) is 0 Å². The molecule has 0 unspecified atom stereocenters. The molecule has 108 valence electrons. The van der Waals surface area contributed by atoms with Crippen LogP contribution in [0.4, 0.5) is 0 Å². The van der Waals surface area contributed by atoms with E-state index >= 15 is 0 Å². The highest BCUT2D eigenvalue weighted by molar-refractivity contribution is 7.99. The molecule has 2 heterocycles. The van der Waals surface area contributed by atoms with Crippen molar-refractivity contribution in [3.8, 4) is 0 Å². The van der Waals surface area contributed by atoms with Crippen LogP contribution >= 0.6 is 11.8 Å². The third-order valence-corrected chi connectivity index (χ3v) is 3.90. The number of para-hydroxylation sites is 2. The fourth-order valence-corrected chi connectivity index (χ4v) is 2.82. The predicted octanol–water partition coefficient (Wildman–Crippen LogP) is 2.56. The number of aliphatic carboxylic acids is 1. The van der Waals surface area contributed by atoms with E-state index in [0.717, 1.165) is 16.7 Å². The van der Waals surface area contributed by atoms with Crippen molar-refractivity contribution in [3.05, 3.63) is 41.8 Å². The molecule has 0 amide bonds. The molecule has 6 nitrogen and oxygen atoms in total. The van der Waals surface area contributed by atoms with Crippen molar-refractivity contribution in [2.24, 2.45) is 0 Å². The lowest BCUT2D eigenvalue weighted by atomic mass is 10.3. The molecule has 1 aromatic carbocycles. The van der Waals surface area contributed by atoms with E-state index < -0.39 is 5.97 Å². The lowest BCUT2D eigenvalue weighted by molar-refractivity contribution is -0.133. The van der Waals surface area contributed by atoms with E-state index in [4.69, 9.17) is 9.63 Å². The fourth-order valence-electron chi connectivity index (χ4n) is 2.09. The highest BCUT2D eigenvalue weighted by atomic mass is 32.2. The van der Waals surface area contributed by atoms with E-state index in [-0.39, 0.29) is 5.75 Å². The fraction of sp³-hybridized carbons (Fsp3) is 0.214. The Hall–Kier alpha value is -2.28. The summed E-state index contributed by atoms with van der Waals surface area (Å²) >= 11 is 1.20. The van der Waals surface area contributed by atoms with Crippen LogP contribution in [0.5, 0.6) is 0 Å². The number of imidazole rings is 1. The van der Waals surface area contributed by atoms with Gasteiger partial charge in [0.15, 0.2) is 10.9 Å². The van der Waals surface area contributed by atoms with Gasteiger partial charge in [-0.05, 0) is 19.1 Å². The van der Waals surface area contributed by atoms with E-state index in [1.165, 1.54) is 11.8 Å². The number of aromatic nitrogens is 3. The van der Waals surface area contributed by atoms with Gasteiger partial charge in [-0.25, -0.2) is 4.98 Å². The number of hydrogen-bond donors (Lipinski definition) is 1. The Morgan fingerprint density at radius 2 is 2.24 bits per heavy atom. The number of hydrogen-bond acceptors (Lipinski definition) is 5. The van der Waals surface area contributed by atoms with Gasteiger partial charge in [-0.2, -0.15) is 0 Å². The highest BCUT2D eigenvalue weighted by Gasteiger charge is 2.14. The molecule has 0 spiro atoms. The van der Waals surface area contributed by atoms with E-state index in [0.29, 0.717) is 17.5 Å². The second kappa shape index (κ2) is 5.61. The first-order valence-electron chi connectivity index (χ1n) is 6.35. The summed E-state index contributed by atoms with van der Waals surface area (Å²) in [4.78, 5) is 15.3. The molecule has 0 aliphatic carbocycles. The van der Waals surface area contributed by atoms with Crippen molar-refractivity contribution >= 4 is 28.8 Å². The Balaban J connectivity index is 2.00. The number of thioether (sulfide) groups is 1. The Morgan fingerprint density at radius 3 is 2.95 bits per heavy atom. The predicted molar refractivity (Wildman–Crippen MR) is 78.4 cm³/mol. The zero-order chi connectivity index (χ0) is 14.8. The minimum atomic E-state index is -0.867. The normalized spacial score (nSPS) is 11.1. The summed E-state index contributed by atoms with van der Waals surface area (Å²) in [5.74, 6) is -0.180. The molecule has 0 atom stereocenters. The maximum atomic E-state index is 10.8. The molecule has 21 heavy (non-hydrogen) atoms. The van der Waals surface area contributed by atoms with Crippen LogP contribution in [-0.2, 0) is 11.3 Å². The average molecular weight is 303 g/mol. The Morgan fingerprint density at radius 1 is 1.43 bits per heavy atom. The first kappa shape index (κ1) is 13.7. The van der Waals surface area contributed by atoms with Crippen molar-refractivity contribution in [3.63, 3.8) is 0 Å². The van der Waals surface area contributed by atoms with Gasteiger partial charge < -0.3 is 14.2 Å². The summed E-state index contributed by atoms with van der Waals surface area (Å²) in [5.41, 5.74) is 2.59. The molecule has 0 saturated heterocycles. The van der Waals surface area contributed by atoms with Crippen LogP contribution in [0.3, 0.4) is 0 Å². The number of aryl methyl sites for hydroxylation is 1. The van der Waals surface area contributed by atoms with Gasteiger partial charge in [0.05, 0.1) is 29.0 Å². The third-order valence-electron chi connectivity index (χ3n) is 2.93. The molecule has 0 aliphatic rings. The van der Waals surface area contributed by atoms with Crippen molar-refractivity contribution in [2.45, 2.75) is 18.6 Å². The number of nitrogens with zero attached hydrogens (tertiary/aromatic N) is 3. The lowest BCUT2D eigenvalue weighted by Gasteiger charge is -2.05. The molecule has 0 aliphatic heterocycles. The van der Waals surface area contributed by atoms with Gasteiger partial charge in [0.1, 0.15) is 0 Å². The minimum Gasteiger partial charge on any atom is -0.481 e. The van der Waals surface area contributed by atoms with Gasteiger partial charge in [-0.15, -0.1) is 0 Å². The van der Waals surface area contributed by atoms with Gasteiger partial charge >= 0.3 is 5.97 Å². The lowest BCUT2D eigenvalue weighted by Crippen LogP contribution is -2.04. The molecular weight excluding hydrogens is 290 g/mol. The second-order valence-electron chi connectivity index (χ2n) is 4.59. The van der Waals surface area contributed by atoms with Gasteiger partial charge in [0.25, 0.3) is 0 Å². The van der Waals surface area contributed by atoms with Crippen LogP contribution in [0.2, 0.25) is 0 Å². The summed E-state index contributed by atoms with van der Waals surface area (Å²) in [6.07, 6.45) is 0. The summed E-state index contributed by atoms with van der Waals surface area (Å²) in [6, 6.07) is 9.56.